The highest BCUT2D eigenvalue weighted by Crippen LogP contribution is 2.10. The second-order valence-electron chi connectivity index (χ2n) is 6.47. The molecule has 1 aliphatic rings. The third-order valence-corrected chi connectivity index (χ3v) is 5.04. The second-order valence-corrected chi connectivity index (χ2v) is 7.39. The summed E-state index contributed by atoms with van der Waals surface area (Å²) < 4.78 is 1.19. The standard InChI is InChI=1S/C19H23BrN2/c1-16-4-2-5-17(12-16)14-21-8-10-22(11-9-21)15-18-6-3-7-19(20)13-18/h2-7,12-13H,8-11,14-15H2,1H3/p+2. The Hall–Kier alpha value is -1.16. The predicted molar refractivity (Wildman–Crippen MR) is 94.1 cm³/mol. The molecule has 0 spiro atoms. The maximum Gasteiger partial charge on any atom is 0.127 e. The molecular formula is C19H25BrN2+2. The molecule has 2 aromatic rings. The number of quaternary nitrogens is 2. The molecule has 0 bridgehead atoms. The summed E-state index contributed by atoms with van der Waals surface area (Å²) in [5.41, 5.74) is 4.28. The lowest BCUT2D eigenvalue weighted by molar-refractivity contribution is -1.02. The number of hydrogen-bond acceptors (Lipinski definition) is 0. The third kappa shape index (κ3) is 4.42. The minimum Gasteiger partial charge on any atom is -0.322 e. The Bertz CT molecular complexity index is 563. The van der Waals surface area contributed by atoms with Crippen LogP contribution in [0.15, 0.2) is 53.0 Å². The van der Waals surface area contributed by atoms with Crippen LogP contribution in [0, 0.1) is 6.92 Å². The molecule has 3 rings (SSSR count). The van der Waals surface area contributed by atoms with Crippen molar-refractivity contribution in [2.24, 2.45) is 0 Å². The average Bonchev–Trinajstić information content (AvgIpc) is 2.49. The molecule has 3 heteroatoms. The molecule has 0 atom stereocenters. The number of hydrogen-bond donors (Lipinski definition) is 2. The second kappa shape index (κ2) is 7.40. The summed E-state index contributed by atoms with van der Waals surface area (Å²) in [6, 6.07) is 17.7. The number of benzene rings is 2. The van der Waals surface area contributed by atoms with Crippen molar-refractivity contribution in [3.05, 3.63) is 69.7 Å². The third-order valence-electron chi connectivity index (χ3n) is 4.54. The minimum atomic E-state index is 1.15. The minimum absolute atomic E-state index is 1.15. The van der Waals surface area contributed by atoms with Crippen molar-refractivity contribution in [2.75, 3.05) is 26.2 Å². The molecule has 0 radical (unpaired) electrons. The van der Waals surface area contributed by atoms with Crippen molar-refractivity contribution < 1.29 is 9.80 Å². The fourth-order valence-corrected chi connectivity index (χ4v) is 3.80. The van der Waals surface area contributed by atoms with Crippen molar-refractivity contribution in [2.45, 2.75) is 20.0 Å². The molecule has 1 heterocycles. The van der Waals surface area contributed by atoms with Gasteiger partial charge in [-0.2, -0.15) is 0 Å². The summed E-state index contributed by atoms with van der Waals surface area (Å²) in [5, 5.41) is 0. The van der Waals surface area contributed by atoms with Gasteiger partial charge in [0.25, 0.3) is 0 Å². The molecule has 1 saturated heterocycles. The molecular weight excluding hydrogens is 336 g/mol. The van der Waals surface area contributed by atoms with E-state index in [1.165, 1.54) is 53.9 Å². The van der Waals surface area contributed by atoms with E-state index in [-0.39, 0.29) is 0 Å². The summed E-state index contributed by atoms with van der Waals surface area (Å²) in [6.45, 7) is 9.60. The molecule has 1 aliphatic heterocycles. The Morgan fingerprint density at radius 1 is 0.818 bits per heavy atom. The van der Waals surface area contributed by atoms with Crippen molar-refractivity contribution in [1.82, 2.24) is 0 Å². The molecule has 0 amide bonds. The molecule has 0 saturated carbocycles. The van der Waals surface area contributed by atoms with Gasteiger partial charge in [-0.15, -0.1) is 0 Å². The van der Waals surface area contributed by atoms with Gasteiger partial charge in [-0.3, -0.25) is 0 Å². The molecule has 22 heavy (non-hydrogen) atoms. The van der Waals surface area contributed by atoms with Crippen LogP contribution in [0.5, 0.6) is 0 Å². The summed E-state index contributed by atoms with van der Waals surface area (Å²) in [5.74, 6) is 0. The maximum atomic E-state index is 3.57. The molecule has 116 valence electrons. The zero-order valence-electron chi connectivity index (χ0n) is 13.2. The zero-order chi connectivity index (χ0) is 15.4. The highest BCUT2D eigenvalue weighted by Gasteiger charge is 2.23. The highest BCUT2D eigenvalue weighted by atomic mass is 79.9. The van der Waals surface area contributed by atoms with Crippen molar-refractivity contribution in [3.63, 3.8) is 0 Å². The summed E-state index contributed by atoms with van der Waals surface area (Å²) in [4.78, 5) is 3.44. The first-order valence-electron chi connectivity index (χ1n) is 8.16. The molecule has 1 fully saturated rings. The fraction of sp³-hybridized carbons (Fsp3) is 0.368. The fourth-order valence-electron chi connectivity index (χ4n) is 3.36. The zero-order valence-corrected chi connectivity index (χ0v) is 14.8. The number of aryl methyl sites for hydroxylation is 1. The van der Waals surface area contributed by atoms with Gasteiger partial charge in [0.1, 0.15) is 39.3 Å². The van der Waals surface area contributed by atoms with Crippen molar-refractivity contribution in [3.8, 4) is 0 Å². The lowest BCUT2D eigenvalue weighted by Crippen LogP contribution is -3.27. The summed E-state index contributed by atoms with van der Waals surface area (Å²) in [7, 11) is 0. The molecule has 0 aliphatic carbocycles. The largest absolute Gasteiger partial charge is 0.322 e. The van der Waals surface area contributed by atoms with E-state index < -0.39 is 0 Å². The number of piperazine rings is 1. The maximum absolute atomic E-state index is 3.57. The quantitative estimate of drug-likeness (QED) is 0.811. The van der Waals surface area contributed by atoms with Crippen LogP contribution < -0.4 is 9.80 Å². The highest BCUT2D eigenvalue weighted by molar-refractivity contribution is 9.10. The summed E-state index contributed by atoms with van der Waals surface area (Å²) >= 11 is 3.57. The van der Waals surface area contributed by atoms with Gasteiger partial charge in [-0.25, -0.2) is 0 Å². The van der Waals surface area contributed by atoms with Gasteiger partial charge in [0.05, 0.1) is 0 Å². The van der Waals surface area contributed by atoms with Crippen LogP contribution >= 0.6 is 15.9 Å². The van der Waals surface area contributed by atoms with Gasteiger partial charge in [0, 0.05) is 15.6 Å². The molecule has 2 aromatic carbocycles. The predicted octanol–water partition coefficient (Wildman–Crippen LogP) is 1.24. The smallest absolute Gasteiger partial charge is 0.127 e. The first-order chi connectivity index (χ1) is 10.7. The first kappa shape index (κ1) is 15.7. The lowest BCUT2D eigenvalue weighted by atomic mass is 10.1. The van der Waals surface area contributed by atoms with Gasteiger partial charge in [-0.05, 0) is 19.1 Å². The van der Waals surface area contributed by atoms with E-state index in [9.17, 15) is 0 Å². The molecule has 2 nitrogen and oxygen atoms in total. The number of halogens is 1. The molecule has 0 unspecified atom stereocenters. The van der Waals surface area contributed by atoms with E-state index >= 15 is 0 Å². The van der Waals surface area contributed by atoms with Gasteiger partial charge in [-0.1, -0.05) is 57.9 Å². The van der Waals surface area contributed by atoms with Gasteiger partial charge in [0.2, 0.25) is 0 Å². The van der Waals surface area contributed by atoms with Crippen LogP contribution in [0.1, 0.15) is 16.7 Å². The number of rotatable bonds is 4. The average molecular weight is 361 g/mol. The Labute approximate surface area is 141 Å². The monoisotopic (exact) mass is 360 g/mol. The van der Waals surface area contributed by atoms with E-state index in [4.69, 9.17) is 0 Å². The molecule has 2 N–H and O–H groups in total. The Balaban J connectivity index is 1.50. The topological polar surface area (TPSA) is 8.88 Å². The SMILES string of the molecule is Cc1cccc(C[NH+]2CC[NH+](Cc3cccc(Br)c3)CC2)c1. The normalized spacial score (nSPS) is 21.7. The Morgan fingerprint density at radius 2 is 1.36 bits per heavy atom. The van der Waals surface area contributed by atoms with Crippen LogP contribution in [-0.4, -0.2) is 26.2 Å². The van der Waals surface area contributed by atoms with Gasteiger partial charge < -0.3 is 9.80 Å². The molecule has 0 aromatic heterocycles. The lowest BCUT2D eigenvalue weighted by Gasteiger charge is -2.30. The Kier molecular flexibility index (Phi) is 5.29. The van der Waals surface area contributed by atoms with Crippen LogP contribution in [-0.2, 0) is 13.1 Å². The van der Waals surface area contributed by atoms with Crippen LogP contribution in [0.3, 0.4) is 0 Å². The van der Waals surface area contributed by atoms with Gasteiger partial charge >= 0.3 is 0 Å². The number of nitrogens with one attached hydrogen (secondary N) is 2. The summed E-state index contributed by atoms with van der Waals surface area (Å²) in [6.07, 6.45) is 0. The van der Waals surface area contributed by atoms with E-state index in [1.807, 2.05) is 0 Å². The van der Waals surface area contributed by atoms with Crippen LogP contribution in [0.4, 0.5) is 0 Å². The van der Waals surface area contributed by atoms with E-state index in [2.05, 4.69) is 71.4 Å². The first-order valence-corrected chi connectivity index (χ1v) is 8.95. The van der Waals surface area contributed by atoms with Crippen molar-refractivity contribution >= 4 is 15.9 Å². The van der Waals surface area contributed by atoms with Crippen molar-refractivity contribution in [1.29, 1.82) is 0 Å². The van der Waals surface area contributed by atoms with E-state index in [0.717, 1.165) is 6.54 Å². The Morgan fingerprint density at radius 3 is 1.91 bits per heavy atom. The van der Waals surface area contributed by atoms with Crippen LogP contribution in [0.25, 0.3) is 0 Å². The van der Waals surface area contributed by atoms with Gasteiger partial charge in [0.15, 0.2) is 0 Å². The van der Waals surface area contributed by atoms with E-state index in [0.29, 0.717) is 0 Å². The van der Waals surface area contributed by atoms with Crippen LogP contribution in [0.2, 0.25) is 0 Å². The van der Waals surface area contributed by atoms with E-state index in [1.54, 1.807) is 9.80 Å².